The van der Waals surface area contributed by atoms with Crippen LogP contribution in [0.25, 0.3) is 16.7 Å². The Morgan fingerprint density at radius 3 is 2.45 bits per heavy atom. The van der Waals surface area contributed by atoms with Gasteiger partial charge in [-0.25, -0.2) is 4.98 Å². The number of fused-ring (bicyclic) bond motifs is 3. The Labute approximate surface area is 187 Å². The van der Waals surface area contributed by atoms with Crippen LogP contribution in [0.5, 0.6) is 0 Å². The van der Waals surface area contributed by atoms with Crippen LogP contribution in [0.2, 0.25) is 5.02 Å². The predicted molar refractivity (Wildman–Crippen MR) is 127 cm³/mol. The van der Waals surface area contributed by atoms with E-state index in [9.17, 15) is 5.26 Å². The number of imidazole rings is 1. The van der Waals surface area contributed by atoms with Crippen molar-refractivity contribution in [1.82, 2.24) is 9.38 Å². The first kappa shape index (κ1) is 19.7. The molecule has 31 heavy (non-hydrogen) atoms. The summed E-state index contributed by atoms with van der Waals surface area (Å²) in [5.41, 5.74) is 5.59. The smallest absolute Gasteiger partial charge is 0.157 e. The maximum Gasteiger partial charge on any atom is 0.157 e. The van der Waals surface area contributed by atoms with Gasteiger partial charge in [0.1, 0.15) is 11.9 Å². The molecule has 0 atom stereocenters. The lowest BCUT2D eigenvalue weighted by Crippen LogP contribution is -2.47. The highest BCUT2D eigenvalue weighted by Crippen LogP contribution is 2.32. The van der Waals surface area contributed by atoms with Crippen molar-refractivity contribution in [1.29, 1.82) is 5.26 Å². The van der Waals surface area contributed by atoms with Gasteiger partial charge in [-0.3, -0.25) is 4.40 Å². The van der Waals surface area contributed by atoms with E-state index in [1.165, 1.54) is 0 Å². The summed E-state index contributed by atoms with van der Waals surface area (Å²) in [7, 11) is 0. The van der Waals surface area contributed by atoms with Crippen molar-refractivity contribution in [2.24, 2.45) is 0 Å². The highest BCUT2D eigenvalue weighted by atomic mass is 35.5. The Bertz CT molecular complexity index is 1290. The van der Waals surface area contributed by atoms with Crippen LogP contribution < -0.4 is 9.80 Å². The molecule has 6 heteroatoms. The number of hydrogen-bond donors (Lipinski definition) is 0. The van der Waals surface area contributed by atoms with E-state index in [2.05, 4.69) is 45.4 Å². The van der Waals surface area contributed by atoms with Gasteiger partial charge >= 0.3 is 0 Å². The number of aryl methyl sites for hydroxylation is 1. The summed E-state index contributed by atoms with van der Waals surface area (Å²) in [6.07, 6.45) is 1.86. The third-order valence-electron chi connectivity index (χ3n) is 6.07. The molecule has 1 fully saturated rings. The van der Waals surface area contributed by atoms with Crippen LogP contribution in [0.3, 0.4) is 0 Å². The summed E-state index contributed by atoms with van der Waals surface area (Å²) >= 11 is 6.43. The topological polar surface area (TPSA) is 47.6 Å². The van der Waals surface area contributed by atoms with E-state index in [0.717, 1.165) is 77.8 Å². The van der Waals surface area contributed by atoms with Gasteiger partial charge in [0, 0.05) is 26.2 Å². The van der Waals surface area contributed by atoms with Gasteiger partial charge in [-0.1, -0.05) is 49.2 Å². The molecule has 1 saturated heterocycles. The fourth-order valence-corrected chi connectivity index (χ4v) is 4.82. The van der Waals surface area contributed by atoms with E-state index in [1.54, 1.807) is 0 Å². The zero-order chi connectivity index (χ0) is 21.4. The molecular formula is C25H24ClN5. The van der Waals surface area contributed by atoms with E-state index in [4.69, 9.17) is 16.6 Å². The minimum atomic E-state index is 0.691. The number of rotatable bonds is 4. The summed E-state index contributed by atoms with van der Waals surface area (Å²) in [6, 6.07) is 20.8. The standard InChI is InChI=1S/C25H24ClN5/c1-2-7-18-16-24(30-14-12-29(13-15-30)22-10-5-3-8-20(22)26)31-23-11-6-4-9-21(23)28-25(31)19(18)17-27/h3-6,8-11,16H,2,7,12-15H2,1H3. The molecular weight excluding hydrogens is 406 g/mol. The van der Waals surface area contributed by atoms with Crippen molar-refractivity contribution in [3.63, 3.8) is 0 Å². The van der Waals surface area contributed by atoms with Gasteiger partial charge in [-0.15, -0.1) is 0 Å². The first-order chi connectivity index (χ1) is 15.2. The fourth-order valence-electron chi connectivity index (χ4n) is 4.57. The quantitative estimate of drug-likeness (QED) is 0.442. The number of para-hydroxylation sites is 3. The van der Waals surface area contributed by atoms with Crippen LogP contribution in [0.15, 0.2) is 54.6 Å². The number of halogens is 1. The largest absolute Gasteiger partial charge is 0.367 e. The van der Waals surface area contributed by atoms with Crippen molar-refractivity contribution in [3.05, 3.63) is 70.7 Å². The fraction of sp³-hybridized carbons (Fsp3) is 0.280. The maximum atomic E-state index is 9.92. The molecule has 0 amide bonds. The molecule has 0 spiro atoms. The monoisotopic (exact) mass is 429 g/mol. The molecule has 2 aromatic heterocycles. The third kappa shape index (κ3) is 3.37. The van der Waals surface area contributed by atoms with Crippen molar-refractivity contribution in [2.75, 3.05) is 36.0 Å². The minimum Gasteiger partial charge on any atom is -0.367 e. The molecule has 2 aromatic carbocycles. The maximum absolute atomic E-state index is 9.92. The predicted octanol–water partition coefficient (Wildman–Crippen LogP) is 5.29. The van der Waals surface area contributed by atoms with Crippen molar-refractivity contribution < 1.29 is 0 Å². The molecule has 0 N–H and O–H groups in total. The van der Waals surface area contributed by atoms with Crippen LogP contribution in [-0.2, 0) is 6.42 Å². The highest BCUT2D eigenvalue weighted by molar-refractivity contribution is 6.33. The Morgan fingerprint density at radius 1 is 1.00 bits per heavy atom. The molecule has 156 valence electrons. The van der Waals surface area contributed by atoms with Crippen LogP contribution in [0, 0.1) is 11.3 Å². The first-order valence-corrected chi connectivity index (χ1v) is 11.2. The molecule has 3 heterocycles. The molecule has 4 aromatic rings. The summed E-state index contributed by atoms with van der Waals surface area (Å²) in [4.78, 5) is 9.60. The SMILES string of the molecule is CCCc1cc(N2CCN(c3ccccc3Cl)CC2)n2c(nc3ccccc32)c1C#N. The second kappa shape index (κ2) is 8.13. The first-order valence-electron chi connectivity index (χ1n) is 10.8. The zero-order valence-electron chi connectivity index (χ0n) is 17.6. The number of nitriles is 1. The van der Waals surface area contributed by atoms with Gasteiger partial charge in [0.15, 0.2) is 5.65 Å². The van der Waals surface area contributed by atoms with Crippen molar-refractivity contribution in [2.45, 2.75) is 19.8 Å². The lowest BCUT2D eigenvalue weighted by Gasteiger charge is -2.38. The lowest BCUT2D eigenvalue weighted by atomic mass is 10.0. The van der Waals surface area contributed by atoms with Crippen molar-refractivity contribution >= 4 is 39.8 Å². The average Bonchev–Trinajstić information content (AvgIpc) is 3.19. The van der Waals surface area contributed by atoms with E-state index in [1.807, 2.05) is 36.4 Å². The molecule has 0 aliphatic carbocycles. The summed E-state index contributed by atoms with van der Waals surface area (Å²) in [6.45, 7) is 5.69. The zero-order valence-corrected chi connectivity index (χ0v) is 18.3. The highest BCUT2D eigenvalue weighted by Gasteiger charge is 2.24. The average molecular weight is 430 g/mol. The Kier molecular flexibility index (Phi) is 5.17. The number of nitrogens with zero attached hydrogens (tertiary/aromatic N) is 5. The van der Waals surface area contributed by atoms with Gasteiger partial charge in [0.2, 0.25) is 0 Å². The molecule has 1 aliphatic rings. The second-order valence-electron chi connectivity index (χ2n) is 7.95. The second-order valence-corrected chi connectivity index (χ2v) is 8.36. The summed E-state index contributed by atoms with van der Waals surface area (Å²) < 4.78 is 2.16. The molecule has 1 aliphatic heterocycles. The molecule has 0 radical (unpaired) electrons. The number of anilines is 2. The van der Waals surface area contributed by atoms with Gasteiger partial charge in [0.25, 0.3) is 0 Å². The van der Waals surface area contributed by atoms with Crippen LogP contribution in [0.4, 0.5) is 11.5 Å². The lowest BCUT2D eigenvalue weighted by molar-refractivity contribution is 0.645. The third-order valence-corrected chi connectivity index (χ3v) is 6.39. The minimum absolute atomic E-state index is 0.691. The summed E-state index contributed by atoms with van der Waals surface area (Å²) in [5.74, 6) is 1.12. The van der Waals surface area contributed by atoms with Gasteiger partial charge < -0.3 is 9.80 Å². The molecule has 0 saturated carbocycles. The number of pyridine rings is 1. The molecule has 5 nitrogen and oxygen atoms in total. The van der Waals surface area contributed by atoms with E-state index >= 15 is 0 Å². The number of hydrogen-bond acceptors (Lipinski definition) is 4. The van der Waals surface area contributed by atoms with Crippen LogP contribution >= 0.6 is 11.6 Å². The Morgan fingerprint density at radius 2 is 1.71 bits per heavy atom. The van der Waals surface area contributed by atoms with Gasteiger partial charge in [-0.05, 0) is 42.3 Å². The Balaban J connectivity index is 1.58. The molecule has 0 bridgehead atoms. The number of piperazine rings is 1. The number of benzene rings is 2. The number of aromatic nitrogens is 2. The van der Waals surface area contributed by atoms with Crippen LogP contribution in [0.1, 0.15) is 24.5 Å². The Hall–Kier alpha value is -3.23. The molecule has 0 unspecified atom stereocenters. The van der Waals surface area contributed by atoms with Gasteiger partial charge in [-0.2, -0.15) is 5.26 Å². The normalized spacial score (nSPS) is 14.4. The van der Waals surface area contributed by atoms with Crippen LogP contribution in [-0.4, -0.2) is 35.6 Å². The molecule has 5 rings (SSSR count). The van der Waals surface area contributed by atoms with E-state index in [0.29, 0.717) is 5.56 Å². The van der Waals surface area contributed by atoms with Gasteiger partial charge in [0.05, 0.1) is 27.3 Å². The summed E-state index contributed by atoms with van der Waals surface area (Å²) in [5, 5.41) is 10.7. The van der Waals surface area contributed by atoms with Crippen molar-refractivity contribution in [3.8, 4) is 6.07 Å². The van der Waals surface area contributed by atoms with E-state index < -0.39 is 0 Å². The van der Waals surface area contributed by atoms with E-state index in [-0.39, 0.29) is 0 Å².